The largest absolute Gasteiger partial charge is 0.497 e. The van der Waals surface area contributed by atoms with Gasteiger partial charge in [0.1, 0.15) is 5.75 Å². The first kappa shape index (κ1) is 8.48. The summed E-state index contributed by atoms with van der Waals surface area (Å²) >= 11 is 0. The fourth-order valence-corrected chi connectivity index (χ4v) is 0.782. The molecule has 0 radical (unpaired) electrons. The fourth-order valence-electron chi connectivity index (χ4n) is 0.782. The molecule has 64 valence electrons. The number of rotatable bonds is 3. The highest BCUT2D eigenvalue weighted by molar-refractivity contribution is 5.46. The smallest absolute Gasteiger partial charge is 0.119 e. The molecule has 0 heterocycles. The van der Waals surface area contributed by atoms with Gasteiger partial charge in [0.2, 0.25) is 0 Å². The van der Waals surface area contributed by atoms with E-state index in [0.29, 0.717) is 11.4 Å². The molecule has 0 aliphatic rings. The predicted octanol–water partition coefficient (Wildman–Crippen LogP) is 1.06. The Hall–Kier alpha value is -1.62. The summed E-state index contributed by atoms with van der Waals surface area (Å²) in [5.41, 5.74) is 0.519. The molecule has 1 rings (SSSR count). The highest BCUT2D eigenvalue weighted by atomic mass is 16.5. The van der Waals surface area contributed by atoms with Crippen LogP contribution >= 0.6 is 0 Å². The third-order valence-corrected chi connectivity index (χ3v) is 1.42. The molecule has 0 saturated carbocycles. The van der Waals surface area contributed by atoms with Gasteiger partial charge >= 0.3 is 0 Å². The van der Waals surface area contributed by atoms with Crippen LogP contribution in [-0.2, 0) is 0 Å². The van der Waals surface area contributed by atoms with Crippen molar-refractivity contribution in [1.82, 2.24) is 0 Å². The van der Waals surface area contributed by atoms with E-state index in [1.807, 2.05) is 0 Å². The minimum absolute atomic E-state index is 0.519. The number of anilines is 1. The predicted molar refractivity (Wildman–Crippen MR) is 45.5 cm³/mol. The molecule has 5 nitrogen and oxygen atoms in total. The Balaban J connectivity index is 2.84. The van der Waals surface area contributed by atoms with Crippen molar-refractivity contribution < 1.29 is 4.74 Å². The first-order valence-corrected chi connectivity index (χ1v) is 3.30. The van der Waals surface area contributed by atoms with E-state index in [1.165, 1.54) is 0 Å². The summed E-state index contributed by atoms with van der Waals surface area (Å²) in [6.07, 6.45) is 0. The van der Waals surface area contributed by atoms with E-state index < -0.39 is 0 Å². The normalized spacial score (nSPS) is 9.17. The van der Waals surface area contributed by atoms with Crippen molar-refractivity contribution in [1.29, 1.82) is 0 Å². The molecule has 0 spiro atoms. The van der Waals surface area contributed by atoms with E-state index in [2.05, 4.69) is 5.29 Å². The second kappa shape index (κ2) is 3.68. The van der Waals surface area contributed by atoms with Gasteiger partial charge in [-0.1, -0.05) is 0 Å². The summed E-state index contributed by atoms with van der Waals surface area (Å²) in [7, 11) is 1.56. The lowest BCUT2D eigenvalue weighted by Crippen LogP contribution is -2.23. The molecule has 0 amide bonds. The Bertz CT molecular complexity index is 260. The topological polar surface area (TPSA) is 67.9 Å². The number of nitrogens with zero attached hydrogens (tertiary/aromatic N) is 2. The fraction of sp³-hybridized carbons (Fsp3) is 0.143. The highest BCUT2D eigenvalue weighted by Crippen LogP contribution is 2.16. The van der Waals surface area contributed by atoms with Crippen LogP contribution in [0.25, 0.3) is 0 Å². The van der Waals surface area contributed by atoms with Gasteiger partial charge in [0.25, 0.3) is 0 Å². The lowest BCUT2D eigenvalue weighted by molar-refractivity contribution is 0.415. The van der Waals surface area contributed by atoms with Crippen molar-refractivity contribution in [2.75, 3.05) is 12.2 Å². The molecule has 0 fully saturated rings. The molecule has 5 heteroatoms. The standard InChI is InChI=1S/C7H9N3O2/c1-12-7-4-2-6(3-5-7)10(8)9-11/h2-5H,8H2,1H3. The second-order valence-corrected chi connectivity index (χ2v) is 2.12. The Labute approximate surface area is 69.6 Å². The molecular weight excluding hydrogens is 158 g/mol. The van der Waals surface area contributed by atoms with Crippen molar-refractivity contribution in [3.05, 3.63) is 29.2 Å². The van der Waals surface area contributed by atoms with Crippen LogP contribution in [-0.4, -0.2) is 7.11 Å². The SMILES string of the molecule is COc1ccc(N(N)N=O)cc1. The number of hydrogen-bond donors (Lipinski definition) is 1. The van der Waals surface area contributed by atoms with E-state index in [-0.39, 0.29) is 0 Å². The van der Waals surface area contributed by atoms with Crippen LogP contribution < -0.4 is 15.7 Å². The summed E-state index contributed by atoms with van der Waals surface area (Å²) in [4.78, 5) is 9.98. The van der Waals surface area contributed by atoms with Crippen LogP contribution in [0.4, 0.5) is 5.69 Å². The van der Waals surface area contributed by atoms with Crippen LogP contribution in [0.2, 0.25) is 0 Å². The minimum atomic E-state index is 0.519. The molecule has 0 aromatic heterocycles. The lowest BCUT2D eigenvalue weighted by Gasteiger charge is -2.07. The van der Waals surface area contributed by atoms with E-state index in [4.69, 9.17) is 10.6 Å². The molecule has 0 aliphatic carbocycles. The zero-order chi connectivity index (χ0) is 8.97. The number of nitrogens with two attached hydrogens (primary N) is 1. The zero-order valence-corrected chi connectivity index (χ0v) is 6.60. The molecule has 0 saturated heterocycles. The Morgan fingerprint density at radius 2 is 2.00 bits per heavy atom. The molecular formula is C7H9N3O2. The van der Waals surface area contributed by atoms with Gasteiger partial charge in [-0.15, -0.1) is 4.91 Å². The van der Waals surface area contributed by atoms with Crippen molar-refractivity contribution in [3.8, 4) is 5.75 Å². The summed E-state index contributed by atoms with van der Waals surface area (Å²) in [6, 6.07) is 6.67. The minimum Gasteiger partial charge on any atom is -0.497 e. The van der Waals surface area contributed by atoms with E-state index in [9.17, 15) is 4.91 Å². The maximum atomic E-state index is 9.98. The molecule has 0 bridgehead atoms. The summed E-state index contributed by atoms with van der Waals surface area (Å²) < 4.78 is 4.91. The van der Waals surface area contributed by atoms with Gasteiger partial charge in [0, 0.05) is 0 Å². The summed E-state index contributed by atoms with van der Waals surface area (Å²) in [5.74, 6) is 5.91. The van der Waals surface area contributed by atoms with Crippen molar-refractivity contribution >= 4 is 5.69 Å². The van der Waals surface area contributed by atoms with Gasteiger partial charge in [0.15, 0.2) is 0 Å². The van der Waals surface area contributed by atoms with Gasteiger partial charge in [-0.3, -0.25) is 0 Å². The number of benzene rings is 1. The van der Waals surface area contributed by atoms with Crippen LogP contribution in [0, 0.1) is 4.91 Å². The number of ether oxygens (including phenoxy) is 1. The number of methoxy groups -OCH3 is 1. The van der Waals surface area contributed by atoms with E-state index in [1.54, 1.807) is 31.4 Å². The van der Waals surface area contributed by atoms with E-state index >= 15 is 0 Å². The van der Waals surface area contributed by atoms with Crippen molar-refractivity contribution in [2.45, 2.75) is 0 Å². The van der Waals surface area contributed by atoms with E-state index in [0.717, 1.165) is 5.12 Å². The van der Waals surface area contributed by atoms with Gasteiger partial charge in [-0.05, 0) is 24.3 Å². The average molecular weight is 167 g/mol. The van der Waals surface area contributed by atoms with Crippen molar-refractivity contribution in [2.24, 2.45) is 11.1 Å². The molecule has 1 aromatic rings. The summed E-state index contributed by atoms with van der Waals surface area (Å²) in [5, 5.41) is 3.28. The average Bonchev–Trinajstić information content (AvgIpc) is 2.17. The Morgan fingerprint density at radius 1 is 1.42 bits per heavy atom. The van der Waals surface area contributed by atoms with Crippen LogP contribution in [0.5, 0.6) is 5.75 Å². The maximum Gasteiger partial charge on any atom is 0.119 e. The maximum absolute atomic E-state index is 9.98. The van der Waals surface area contributed by atoms with Crippen LogP contribution in [0.1, 0.15) is 0 Å². The van der Waals surface area contributed by atoms with Crippen LogP contribution in [0.15, 0.2) is 29.6 Å². The first-order valence-electron chi connectivity index (χ1n) is 3.30. The lowest BCUT2D eigenvalue weighted by atomic mass is 10.3. The zero-order valence-electron chi connectivity index (χ0n) is 6.60. The van der Waals surface area contributed by atoms with Gasteiger partial charge < -0.3 is 4.74 Å². The number of hydrazine groups is 1. The molecule has 12 heavy (non-hydrogen) atoms. The van der Waals surface area contributed by atoms with Crippen LogP contribution in [0.3, 0.4) is 0 Å². The Kier molecular flexibility index (Phi) is 2.60. The number of nitroso groups, excluding NO2 is 1. The molecule has 0 atom stereocenters. The first-order chi connectivity index (χ1) is 5.77. The molecule has 1 aromatic carbocycles. The second-order valence-electron chi connectivity index (χ2n) is 2.12. The molecule has 0 aliphatic heterocycles. The Morgan fingerprint density at radius 3 is 2.42 bits per heavy atom. The van der Waals surface area contributed by atoms with Gasteiger partial charge in [-0.2, -0.15) is 5.12 Å². The number of hydrogen-bond acceptors (Lipinski definition) is 4. The monoisotopic (exact) mass is 167 g/mol. The molecule has 2 N–H and O–H groups in total. The van der Waals surface area contributed by atoms with Gasteiger partial charge in [0.05, 0.1) is 18.1 Å². The quantitative estimate of drug-likeness (QED) is 0.415. The summed E-state index contributed by atoms with van der Waals surface area (Å²) in [6.45, 7) is 0. The third kappa shape index (κ3) is 1.70. The molecule has 0 unspecified atom stereocenters. The van der Waals surface area contributed by atoms with Gasteiger partial charge in [-0.25, -0.2) is 5.84 Å². The highest BCUT2D eigenvalue weighted by Gasteiger charge is 1.99. The van der Waals surface area contributed by atoms with Crippen molar-refractivity contribution in [3.63, 3.8) is 0 Å². The third-order valence-electron chi connectivity index (χ3n) is 1.42.